The van der Waals surface area contributed by atoms with E-state index in [4.69, 9.17) is 0 Å². The Morgan fingerprint density at radius 2 is 1.23 bits per heavy atom. The fourth-order valence-corrected chi connectivity index (χ4v) is 11.1. The van der Waals surface area contributed by atoms with Crippen LogP contribution in [-0.4, -0.2) is 11.6 Å². The van der Waals surface area contributed by atoms with Gasteiger partial charge < -0.3 is 0 Å². The number of hydrogen-bond donors (Lipinski definition) is 0. The summed E-state index contributed by atoms with van der Waals surface area (Å²) in [6, 6.07) is 0. The predicted molar refractivity (Wildman–Crippen MR) is 117 cm³/mol. The highest BCUT2D eigenvalue weighted by Crippen LogP contribution is 2.65. The average Bonchev–Trinajstić information content (AvgIpc) is 3.24. The first-order valence-corrected chi connectivity index (χ1v) is 13.8. The molecule has 0 spiro atoms. The smallest absolute Gasteiger partial charge is 0.139 e. The molecule has 0 amide bonds. The molecule has 7 aliphatic carbocycles. The molecule has 7 saturated carbocycles. The van der Waals surface area contributed by atoms with E-state index >= 15 is 0 Å². The van der Waals surface area contributed by atoms with Crippen LogP contribution in [0.1, 0.15) is 89.9 Å². The zero-order valence-corrected chi connectivity index (χ0v) is 18.6. The molecule has 0 radical (unpaired) electrons. The van der Waals surface area contributed by atoms with Gasteiger partial charge in [-0.05, 0) is 105 Å². The van der Waals surface area contributed by atoms with E-state index in [1.165, 1.54) is 77.0 Å². The number of carbonyl (C=O) groups is 2. The number of carbonyl (C=O) groups excluding carboxylic acids is 2. The highest BCUT2D eigenvalue weighted by Gasteiger charge is 2.64. The first-order valence-electron chi connectivity index (χ1n) is 13.8. The molecule has 7 aliphatic rings. The van der Waals surface area contributed by atoms with E-state index in [0.29, 0.717) is 47.1 Å². The van der Waals surface area contributed by atoms with Gasteiger partial charge in [-0.2, -0.15) is 0 Å². The van der Waals surface area contributed by atoms with Crippen LogP contribution >= 0.6 is 0 Å². The van der Waals surface area contributed by atoms with Gasteiger partial charge in [-0.15, -0.1) is 0 Å². The van der Waals surface area contributed by atoms with Crippen LogP contribution in [0.5, 0.6) is 0 Å². The van der Waals surface area contributed by atoms with Gasteiger partial charge in [0.05, 0.1) is 0 Å². The van der Waals surface area contributed by atoms with Gasteiger partial charge in [0.15, 0.2) is 0 Å². The summed E-state index contributed by atoms with van der Waals surface area (Å²) in [5, 5.41) is 0. The fourth-order valence-electron chi connectivity index (χ4n) is 11.1. The Morgan fingerprint density at radius 1 is 0.467 bits per heavy atom. The van der Waals surface area contributed by atoms with E-state index in [0.717, 1.165) is 36.5 Å². The summed E-state index contributed by atoms with van der Waals surface area (Å²) in [4.78, 5) is 27.3. The quantitative estimate of drug-likeness (QED) is 0.487. The van der Waals surface area contributed by atoms with Crippen molar-refractivity contribution in [3.63, 3.8) is 0 Å². The summed E-state index contributed by atoms with van der Waals surface area (Å²) in [7, 11) is 0. The largest absolute Gasteiger partial charge is 0.299 e. The molecule has 0 bridgehead atoms. The molecule has 7 rings (SSSR count). The van der Waals surface area contributed by atoms with Gasteiger partial charge >= 0.3 is 0 Å². The van der Waals surface area contributed by atoms with Gasteiger partial charge in [-0.3, -0.25) is 9.59 Å². The SMILES string of the molecule is O=C1C2CCCCC2C2C1CCC1C3CC4CCC5CCCCC5C4CC3C(=O)C12. The maximum atomic E-state index is 14.0. The molecular formula is C28H40O2. The van der Waals surface area contributed by atoms with Crippen LogP contribution in [0.15, 0.2) is 0 Å². The lowest BCUT2D eigenvalue weighted by Crippen LogP contribution is -2.43. The van der Waals surface area contributed by atoms with Gasteiger partial charge in [0.1, 0.15) is 11.6 Å². The Kier molecular flexibility index (Phi) is 4.35. The topological polar surface area (TPSA) is 34.1 Å². The molecule has 0 N–H and O–H groups in total. The molecule has 2 nitrogen and oxygen atoms in total. The lowest BCUT2D eigenvalue weighted by molar-refractivity contribution is -0.130. The summed E-state index contributed by atoms with van der Waals surface area (Å²) in [6.45, 7) is 0. The lowest BCUT2D eigenvalue weighted by atomic mass is 9.54. The highest BCUT2D eigenvalue weighted by atomic mass is 16.1. The van der Waals surface area contributed by atoms with E-state index in [-0.39, 0.29) is 11.8 Å². The maximum absolute atomic E-state index is 14.0. The molecule has 0 aromatic rings. The van der Waals surface area contributed by atoms with Crippen LogP contribution in [0.4, 0.5) is 0 Å². The molecule has 2 heteroatoms. The fraction of sp³-hybridized carbons (Fsp3) is 0.929. The predicted octanol–water partition coefficient (Wildman–Crippen LogP) is 6.08. The maximum Gasteiger partial charge on any atom is 0.139 e. The van der Waals surface area contributed by atoms with Gasteiger partial charge in [-0.25, -0.2) is 0 Å². The van der Waals surface area contributed by atoms with Crippen molar-refractivity contribution in [2.45, 2.75) is 89.9 Å². The minimum Gasteiger partial charge on any atom is -0.299 e. The molecule has 0 heterocycles. The Balaban J connectivity index is 1.19. The summed E-state index contributed by atoms with van der Waals surface area (Å²) in [6.07, 6.45) is 18.6. The number of fused-ring (bicyclic) bond motifs is 10. The van der Waals surface area contributed by atoms with E-state index in [9.17, 15) is 9.59 Å². The summed E-state index contributed by atoms with van der Waals surface area (Å²) >= 11 is 0. The first-order chi connectivity index (χ1) is 14.7. The average molecular weight is 409 g/mol. The third-order valence-electron chi connectivity index (χ3n) is 12.1. The normalized spacial score (nSPS) is 56.9. The molecule has 12 unspecified atom stereocenters. The Hall–Kier alpha value is -0.660. The monoisotopic (exact) mass is 408 g/mol. The second kappa shape index (κ2) is 6.92. The first kappa shape index (κ1) is 18.9. The van der Waals surface area contributed by atoms with Crippen LogP contribution < -0.4 is 0 Å². The zero-order valence-electron chi connectivity index (χ0n) is 18.6. The summed E-state index contributed by atoms with van der Waals surface area (Å²) in [5.74, 6) is 8.53. The van der Waals surface area contributed by atoms with E-state index < -0.39 is 0 Å². The molecule has 0 saturated heterocycles. The molecular weight excluding hydrogens is 368 g/mol. The van der Waals surface area contributed by atoms with Crippen LogP contribution in [0, 0.1) is 71.0 Å². The second-order valence-corrected chi connectivity index (χ2v) is 12.8. The van der Waals surface area contributed by atoms with Crippen molar-refractivity contribution in [3.8, 4) is 0 Å². The highest BCUT2D eigenvalue weighted by molar-refractivity contribution is 5.91. The third-order valence-corrected chi connectivity index (χ3v) is 12.1. The van der Waals surface area contributed by atoms with Crippen LogP contribution in [-0.2, 0) is 9.59 Å². The van der Waals surface area contributed by atoms with E-state index in [1.54, 1.807) is 0 Å². The number of rotatable bonds is 0. The van der Waals surface area contributed by atoms with Gasteiger partial charge in [0, 0.05) is 23.7 Å². The van der Waals surface area contributed by atoms with Gasteiger partial charge in [0.2, 0.25) is 0 Å². The van der Waals surface area contributed by atoms with Crippen molar-refractivity contribution in [1.82, 2.24) is 0 Å². The van der Waals surface area contributed by atoms with Crippen molar-refractivity contribution < 1.29 is 9.59 Å². The molecule has 0 aromatic heterocycles. The van der Waals surface area contributed by atoms with Gasteiger partial charge in [0.25, 0.3) is 0 Å². The van der Waals surface area contributed by atoms with Crippen molar-refractivity contribution in [2.75, 3.05) is 0 Å². The van der Waals surface area contributed by atoms with Crippen LogP contribution in [0.3, 0.4) is 0 Å². The zero-order chi connectivity index (χ0) is 20.0. The molecule has 7 fully saturated rings. The molecule has 164 valence electrons. The van der Waals surface area contributed by atoms with Crippen LogP contribution in [0.2, 0.25) is 0 Å². The Bertz CT molecular complexity index is 741. The van der Waals surface area contributed by atoms with E-state index in [2.05, 4.69) is 0 Å². The molecule has 0 aromatic carbocycles. The van der Waals surface area contributed by atoms with E-state index in [1.807, 2.05) is 0 Å². The second-order valence-electron chi connectivity index (χ2n) is 12.8. The number of hydrogen-bond acceptors (Lipinski definition) is 2. The molecule has 0 aliphatic heterocycles. The third kappa shape index (κ3) is 2.49. The minimum atomic E-state index is 0.258. The minimum absolute atomic E-state index is 0.258. The molecule has 30 heavy (non-hydrogen) atoms. The standard InChI is InChI=1S/C28H40O2/c29-27-20-8-4-3-7-18(20)25-21(27)12-11-19-23-13-16-10-9-15-5-1-2-6-17(15)22(16)14-24(23)28(30)26(19)25/h15-26H,1-14H2. The van der Waals surface area contributed by atoms with Gasteiger partial charge in [-0.1, -0.05) is 32.1 Å². The molecule has 12 atom stereocenters. The van der Waals surface area contributed by atoms with Crippen LogP contribution in [0.25, 0.3) is 0 Å². The summed E-state index contributed by atoms with van der Waals surface area (Å²) < 4.78 is 0. The van der Waals surface area contributed by atoms with Crippen molar-refractivity contribution >= 4 is 11.6 Å². The summed E-state index contributed by atoms with van der Waals surface area (Å²) in [5.41, 5.74) is 0. The Morgan fingerprint density at radius 3 is 2.13 bits per heavy atom. The van der Waals surface area contributed by atoms with Crippen molar-refractivity contribution in [3.05, 3.63) is 0 Å². The lowest BCUT2D eigenvalue weighted by Gasteiger charge is -2.51. The van der Waals surface area contributed by atoms with Crippen molar-refractivity contribution in [2.24, 2.45) is 71.0 Å². The number of Topliss-reactive ketones (excluding diaryl/α,β-unsaturated/α-hetero) is 2. The number of ketones is 2. The Labute approximate surface area is 182 Å². The van der Waals surface area contributed by atoms with Crippen molar-refractivity contribution in [1.29, 1.82) is 0 Å².